The molecule has 2 saturated heterocycles. The zero-order valence-electron chi connectivity index (χ0n) is 16.1. The lowest BCUT2D eigenvalue weighted by atomic mass is 9.79. The highest BCUT2D eigenvalue weighted by Gasteiger charge is 2.47. The van der Waals surface area contributed by atoms with Crippen molar-refractivity contribution in [3.63, 3.8) is 0 Å². The van der Waals surface area contributed by atoms with Gasteiger partial charge in [-0.05, 0) is 37.9 Å². The zero-order valence-corrected chi connectivity index (χ0v) is 16.1. The Labute approximate surface area is 165 Å². The molecule has 2 fully saturated rings. The van der Waals surface area contributed by atoms with Crippen molar-refractivity contribution < 1.29 is 14.6 Å². The van der Waals surface area contributed by atoms with Crippen molar-refractivity contribution >= 4 is 5.91 Å². The van der Waals surface area contributed by atoms with Crippen molar-refractivity contribution in [1.29, 1.82) is 0 Å². The molecule has 0 bridgehead atoms. The third-order valence-electron chi connectivity index (χ3n) is 5.91. The van der Waals surface area contributed by atoms with Crippen LogP contribution in [0.3, 0.4) is 0 Å². The van der Waals surface area contributed by atoms with Gasteiger partial charge in [-0.15, -0.1) is 0 Å². The third kappa shape index (κ3) is 3.47. The molecule has 3 heterocycles. The fourth-order valence-corrected chi connectivity index (χ4v) is 4.36. The van der Waals surface area contributed by atoms with Crippen molar-refractivity contribution in [2.75, 3.05) is 33.3 Å². The molecule has 2 aliphatic rings. The zero-order chi connectivity index (χ0) is 19.6. The van der Waals surface area contributed by atoms with E-state index in [2.05, 4.69) is 14.9 Å². The van der Waals surface area contributed by atoms with Crippen LogP contribution in [0.1, 0.15) is 35.2 Å². The minimum Gasteiger partial charge on any atom is -0.467 e. The molecule has 7 heteroatoms. The molecular weight excluding hydrogens is 356 g/mol. The van der Waals surface area contributed by atoms with E-state index in [1.807, 2.05) is 35.2 Å². The van der Waals surface area contributed by atoms with E-state index >= 15 is 0 Å². The molecule has 28 heavy (non-hydrogen) atoms. The van der Waals surface area contributed by atoms with Gasteiger partial charge in [-0.3, -0.25) is 9.69 Å². The summed E-state index contributed by atoms with van der Waals surface area (Å²) < 4.78 is 4.97. The number of ether oxygens (including phenoxy) is 1. The summed E-state index contributed by atoms with van der Waals surface area (Å²) in [4.78, 5) is 25.2. The van der Waals surface area contributed by atoms with Gasteiger partial charge in [0.25, 0.3) is 5.91 Å². The highest BCUT2D eigenvalue weighted by molar-refractivity contribution is 5.93. The van der Waals surface area contributed by atoms with Gasteiger partial charge in [0.2, 0.25) is 0 Å². The molecule has 2 aliphatic heterocycles. The van der Waals surface area contributed by atoms with Crippen molar-refractivity contribution in [3.8, 4) is 6.01 Å². The van der Waals surface area contributed by atoms with Gasteiger partial charge in [0.15, 0.2) is 0 Å². The SMILES string of the molecule is COc1ncc(C(=O)N2CC[C@](O)(c3ccccc3)[C@H](N3CCCC3)C2)cn1. The van der Waals surface area contributed by atoms with Crippen molar-refractivity contribution in [2.24, 2.45) is 0 Å². The van der Waals surface area contributed by atoms with E-state index in [0.717, 1.165) is 31.5 Å². The molecule has 0 saturated carbocycles. The van der Waals surface area contributed by atoms with E-state index in [-0.39, 0.29) is 18.0 Å². The van der Waals surface area contributed by atoms with Gasteiger partial charge < -0.3 is 14.7 Å². The Morgan fingerprint density at radius 1 is 1.14 bits per heavy atom. The summed E-state index contributed by atoms with van der Waals surface area (Å²) in [6.07, 6.45) is 5.75. The smallest absolute Gasteiger partial charge is 0.316 e. The Hall–Kier alpha value is -2.51. The minimum atomic E-state index is -0.960. The van der Waals surface area contributed by atoms with Crippen LogP contribution in [-0.2, 0) is 5.60 Å². The normalized spacial score (nSPS) is 25.6. The van der Waals surface area contributed by atoms with Crippen molar-refractivity contribution in [1.82, 2.24) is 19.8 Å². The number of likely N-dealkylation sites (tertiary alicyclic amines) is 2. The number of methoxy groups -OCH3 is 1. The van der Waals surface area contributed by atoms with Crippen molar-refractivity contribution in [3.05, 3.63) is 53.9 Å². The second-order valence-electron chi connectivity index (χ2n) is 7.51. The fraction of sp³-hybridized carbons (Fsp3) is 0.476. The van der Waals surface area contributed by atoms with Gasteiger partial charge in [0, 0.05) is 25.5 Å². The van der Waals surface area contributed by atoms with Gasteiger partial charge in [0.05, 0.1) is 18.7 Å². The molecule has 0 radical (unpaired) electrons. The largest absolute Gasteiger partial charge is 0.467 e. The molecule has 7 nitrogen and oxygen atoms in total. The van der Waals surface area contributed by atoms with Crippen LogP contribution in [0.5, 0.6) is 6.01 Å². The number of piperidine rings is 1. The molecule has 4 rings (SSSR count). The number of hydrogen-bond donors (Lipinski definition) is 1. The fourth-order valence-electron chi connectivity index (χ4n) is 4.36. The van der Waals surface area contributed by atoms with Gasteiger partial charge in [-0.2, -0.15) is 0 Å². The summed E-state index contributed by atoms with van der Waals surface area (Å²) >= 11 is 0. The molecule has 1 amide bonds. The molecule has 1 aromatic carbocycles. The average molecular weight is 382 g/mol. The molecule has 2 atom stereocenters. The van der Waals surface area contributed by atoms with Gasteiger partial charge in [-0.25, -0.2) is 9.97 Å². The van der Waals surface area contributed by atoms with E-state index in [1.54, 1.807) is 0 Å². The minimum absolute atomic E-state index is 0.109. The summed E-state index contributed by atoms with van der Waals surface area (Å²) in [6, 6.07) is 9.95. The lowest BCUT2D eigenvalue weighted by Crippen LogP contribution is -2.61. The number of nitrogens with zero attached hydrogens (tertiary/aromatic N) is 4. The number of aromatic nitrogens is 2. The Morgan fingerprint density at radius 2 is 1.82 bits per heavy atom. The monoisotopic (exact) mass is 382 g/mol. The number of carbonyl (C=O) groups is 1. The highest BCUT2D eigenvalue weighted by atomic mass is 16.5. The number of rotatable bonds is 4. The van der Waals surface area contributed by atoms with Crippen LogP contribution >= 0.6 is 0 Å². The average Bonchev–Trinajstić information content (AvgIpc) is 3.29. The first-order valence-electron chi connectivity index (χ1n) is 9.79. The Morgan fingerprint density at radius 3 is 2.46 bits per heavy atom. The number of carbonyl (C=O) groups excluding carboxylic acids is 1. The molecule has 1 N–H and O–H groups in total. The van der Waals surface area contributed by atoms with Gasteiger partial charge in [0.1, 0.15) is 5.60 Å². The topological polar surface area (TPSA) is 78.8 Å². The van der Waals surface area contributed by atoms with Gasteiger partial charge >= 0.3 is 6.01 Å². The molecule has 1 aromatic heterocycles. The van der Waals surface area contributed by atoms with Crippen LogP contribution in [0.4, 0.5) is 0 Å². The van der Waals surface area contributed by atoms with Crippen LogP contribution in [0.15, 0.2) is 42.7 Å². The maximum atomic E-state index is 13.0. The van der Waals surface area contributed by atoms with Crippen molar-refractivity contribution in [2.45, 2.75) is 30.9 Å². The number of amides is 1. The van der Waals surface area contributed by atoms with Crippen LogP contribution in [-0.4, -0.2) is 70.1 Å². The molecule has 0 unspecified atom stereocenters. The van der Waals surface area contributed by atoms with Crippen LogP contribution in [0.2, 0.25) is 0 Å². The Kier molecular flexibility index (Phi) is 5.28. The summed E-state index contributed by atoms with van der Waals surface area (Å²) in [6.45, 7) is 2.87. The predicted molar refractivity (Wildman–Crippen MR) is 104 cm³/mol. The summed E-state index contributed by atoms with van der Waals surface area (Å²) in [7, 11) is 1.49. The summed E-state index contributed by atoms with van der Waals surface area (Å²) in [5.74, 6) is -0.109. The first-order valence-corrected chi connectivity index (χ1v) is 9.79. The van der Waals surface area contributed by atoms with E-state index in [0.29, 0.717) is 25.1 Å². The summed E-state index contributed by atoms with van der Waals surface area (Å²) in [5, 5.41) is 11.7. The molecular formula is C21H26N4O3. The first kappa shape index (κ1) is 18.8. The maximum absolute atomic E-state index is 13.0. The second-order valence-corrected chi connectivity index (χ2v) is 7.51. The van der Waals surface area contributed by atoms with E-state index in [4.69, 9.17) is 4.74 Å². The number of benzene rings is 1. The second kappa shape index (κ2) is 7.85. The number of aliphatic hydroxyl groups is 1. The molecule has 0 spiro atoms. The van der Waals surface area contributed by atoms with E-state index in [1.165, 1.54) is 19.5 Å². The van der Waals surface area contributed by atoms with Gasteiger partial charge in [-0.1, -0.05) is 30.3 Å². The predicted octanol–water partition coefficient (Wildman–Crippen LogP) is 1.68. The molecule has 2 aromatic rings. The summed E-state index contributed by atoms with van der Waals surface area (Å²) in [5.41, 5.74) is 0.400. The molecule has 148 valence electrons. The van der Waals surface area contributed by atoms with Crippen LogP contribution < -0.4 is 4.74 Å². The lowest BCUT2D eigenvalue weighted by molar-refractivity contribution is -0.0878. The Balaban J connectivity index is 1.59. The third-order valence-corrected chi connectivity index (χ3v) is 5.91. The maximum Gasteiger partial charge on any atom is 0.316 e. The van der Waals surface area contributed by atoms with Crippen LogP contribution in [0.25, 0.3) is 0 Å². The van der Waals surface area contributed by atoms with E-state index in [9.17, 15) is 9.90 Å². The first-order chi connectivity index (χ1) is 13.6. The van der Waals surface area contributed by atoms with E-state index < -0.39 is 5.60 Å². The lowest BCUT2D eigenvalue weighted by Gasteiger charge is -2.48. The number of hydrogen-bond acceptors (Lipinski definition) is 6. The standard InChI is InChI=1S/C21H26N4O3/c1-28-20-22-13-16(14-23-20)19(26)25-12-9-21(27,17-7-3-2-4-8-17)18(15-25)24-10-5-6-11-24/h2-4,7-8,13-14,18,27H,5-6,9-12,15H2,1H3/t18-,21+/m1/s1. The highest BCUT2D eigenvalue weighted by Crippen LogP contribution is 2.37. The van der Waals surface area contributed by atoms with Crippen LogP contribution in [0, 0.1) is 0 Å². The molecule has 0 aliphatic carbocycles. The Bertz CT molecular complexity index is 808. The quantitative estimate of drug-likeness (QED) is 0.867.